The van der Waals surface area contributed by atoms with Gasteiger partial charge in [0.15, 0.2) is 17.6 Å². The molecule has 128 valence electrons. The number of benzene rings is 2. The highest BCUT2D eigenvalue weighted by Gasteiger charge is 2.21. The van der Waals surface area contributed by atoms with Gasteiger partial charge in [-0.3, -0.25) is 9.59 Å². The van der Waals surface area contributed by atoms with Crippen molar-refractivity contribution in [1.29, 1.82) is 0 Å². The number of fused-ring (bicyclic) bond motifs is 1. The van der Waals surface area contributed by atoms with E-state index in [1.165, 1.54) is 6.92 Å². The molecule has 3 aromatic rings. The molecule has 0 bridgehead atoms. The summed E-state index contributed by atoms with van der Waals surface area (Å²) in [5.41, 5.74) is 1.79. The number of rotatable bonds is 4. The van der Waals surface area contributed by atoms with Gasteiger partial charge in [0.1, 0.15) is 5.58 Å². The maximum absolute atomic E-state index is 12.9. The molecule has 1 atom stereocenters. The topological polar surface area (TPSA) is 56.5 Å². The predicted octanol–water partition coefficient (Wildman–Crippen LogP) is 4.78. The SMILES string of the molecule is CC(=O)[C@@H](C)Oc1c(-c2ccc(Cl)cc2)oc2cc(C)ccc2c1=O. The van der Waals surface area contributed by atoms with E-state index in [4.69, 9.17) is 20.8 Å². The van der Waals surface area contributed by atoms with E-state index in [2.05, 4.69) is 0 Å². The number of ether oxygens (including phenoxy) is 1. The molecule has 0 unspecified atom stereocenters. The molecule has 0 fully saturated rings. The van der Waals surface area contributed by atoms with Crippen molar-refractivity contribution in [3.8, 4) is 17.1 Å². The molecule has 0 aliphatic heterocycles. The Bertz CT molecular complexity index is 1000. The standard InChI is InChI=1S/C20H17ClO4/c1-11-4-9-16-17(10-11)25-19(14-5-7-15(21)8-6-14)20(18(16)23)24-13(3)12(2)22/h4-10,13H,1-3H3/t13-/m1/s1. The summed E-state index contributed by atoms with van der Waals surface area (Å²) in [5.74, 6) is 0.139. The summed E-state index contributed by atoms with van der Waals surface area (Å²) in [6.07, 6.45) is -0.753. The van der Waals surface area contributed by atoms with Gasteiger partial charge in [-0.15, -0.1) is 0 Å². The van der Waals surface area contributed by atoms with Crippen LogP contribution in [0.1, 0.15) is 19.4 Å². The van der Waals surface area contributed by atoms with E-state index in [9.17, 15) is 9.59 Å². The molecule has 0 aliphatic rings. The van der Waals surface area contributed by atoms with E-state index < -0.39 is 6.10 Å². The number of hydrogen-bond acceptors (Lipinski definition) is 4. The van der Waals surface area contributed by atoms with Crippen molar-refractivity contribution in [3.63, 3.8) is 0 Å². The number of hydrogen-bond donors (Lipinski definition) is 0. The molecule has 0 radical (unpaired) electrons. The fourth-order valence-electron chi connectivity index (χ4n) is 2.44. The number of ketones is 1. The van der Waals surface area contributed by atoms with E-state index >= 15 is 0 Å². The average molecular weight is 357 g/mol. The number of aryl methyl sites for hydroxylation is 1. The largest absolute Gasteiger partial charge is 0.475 e. The molecule has 1 aromatic heterocycles. The van der Waals surface area contributed by atoms with Gasteiger partial charge < -0.3 is 9.15 Å². The summed E-state index contributed by atoms with van der Waals surface area (Å²) >= 11 is 5.94. The summed E-state index contributed by atoms with van der Waals surface area (Å²) in [6, 6.07) is 12.2. The Hall–Kier alpha value is -2.59. The number of carbonyl (C=O) groups excluding carboxylic acids is 1. The number of halogens is 1. The first-order chi connectivity index (χ1) is 11.9. The Morgan fingerprint density at radius 1 is 1.16 bits per heavy atom. The minimum atomic E-state index is -0.753. The molecule has 0 saturated heterocycles. The molecular formula is C20H17ClO4. The second-order valence-corrected chi connectivity index (χ2v) is 6.40. The van der Waals surface area contributed by atoms with Crippen LogP contribution in [-0.4, -0.2) is 11.9 Å². The van der Waals surface area contributed by atoms with Crippen LogP contribution < -0.4 is 10.2 Å². The van der Waals surface area contributed by atoms with Crippen LogP contribution >= 0.6 is 11.6 Å². The lowest BCUT2D eigenvalue weighted by molar-refractivity contribution is -0.122. The highest BCUT2D eigenvalue weighted by molar-refractivity contribution is 6.30. The van der Waals surface area contributed by atoms with Crippen molar-refractivity contribution in [1.82, 2.24) is 0 Å². The number of Topliss-reactive ketones (excluding diaryl/α,β-unsaturated/α-hetero) is 1. The molecule has 0 aliphatic carbocycles. The Morgan fingerprint density at radius 3 is 2.48 bits per heavy atom. The normalized spacial score (nSPS) is 12.2. The Morgan fingerprint density at radius 2 is 1.84 bits per heavy atom. The van der Waals surface area contributed by atoms with Gasteiger partial charge in [0.05, 0.1) is 5.39 Å². The first-order valence-corrected chi connectivity index (χ1v) is 8.25. The van der Waals surface area contributed by atoms with Crippen LogP contribution in [0.3, 0.4) is 0 Å². The highest BCUT2D eigenvalue weighted by atomic mass is 35.5. The lowest BCUT2D eigenvalue weighted by atomic mass is 10.1. The predicted molar refractivity (Wildman–Crippen MR) is 98.4 cm³/mol. The van der Waals surface area contributed by atoms with Gasteiger partial charge in [0.25, 0.3) is 0 Å². The van der Waals surface area contributed by atoms with Crippen LogP contribution in [0.15, 0.2) is 51.7 Å². The lowest BCUT2D eigenvalue weighted by Crippen LogP contribution is -2.24. The fourth-order valence-corrected chi connectivity index (χ4v) is 2.57. The van der Waals surface area contributed by atoms with Crippen LogP contribution in [-0.2, 0) is 4.79 Å². The molecule has 3 rings (SSSR count). The van der Waals surface area contributed by atoms with Crippen LogP contribution in [0.25, 0.3) is 22.3 Å². The first kappa shape index (κ1) is 17.2. The fraction of sp³-hybridized carbons (Fsp3) is 0.200. The van der Waals surface area contributed by atoms with Crippen molar-refractivity contribution in [3.05, 3.63) is 63.3 Å². The van der Waals surface area contributed by atoms with Crippen LogP contribution in [0.2, 0.25) is 5.02 Å². The van der Waals surface area contributed by atoms with E-state index in [1.54, 1.807) is 43.3 Å². The second-order valence-electron chi connectivity index (χ2n) is 5.97. The van der Waals surface area contributed by atoms with Crippen molar-refractivity contribution in [2.75, 3.05) is 0 Å². The molecule has 25 heavy (non-hydrogen) atoms. The van der Waals surface area contributed by atoms with Gasteiger partial charge in [0, 0.05) is 10.6 Å². The van der Waals surface area contributed by atoms with E-state index in [1.807, 2.05) is 13.0 Å². The van der Waals surface area contributed by atoms with Gasteiger partial charge >= 0.3 is 0 Å². The van der Waals surface area contributed by atoms with Crippen molar-refractivity contribution in [2.24, 2.45) is 0 Å². The summed E-state index contributed by atoms with van der Waals surface area (Å²) < 4.78 is 11.7. The molecule has 0 N–H and O–H groups in total. The minimum absolute atomic E-state index is 0.0291. The third-order valence-corrected chi connectivity index (χ3v) is 4.23. The maximum Gasteiger partial charge on any atom is 0.235 e. The molecule has 4 nitrogen and oxygen atoms in total. The zero-order valence-corrected chi connectivity index (χ0v) is 14.9. The van der Waals surface area contributed by atoms with Gasteiger partial charge in [-0.1, -0.05) is 17.7 Å². The first-order valence-electron chi connectivity index (χ1n) is 7.87. The smallest absolute Gasteiger partial charge is 0.235 e. The average Bonchev–Trinajstić information content (AvgIpc) is 2.57. The van der Waals surface area contributed by atoms with E-state index in [-0.39, 0.29) is 22.7 Å². The van der Waals surface area contributed by atoms with Gasteiger partial charge in [-0.05, 0) is 62.7 Å². The Labute approximate surface area is 150 Å². The van der Waals surface area contributed by atoms with Crippen molar-refractivity contribution >= 4 is 28.4 Å². The quantitative estimate of drug-likeness (QED) is 0.675. The summed E-state index contributed by atoms with van der Waals surface area (Å²) in [5, 5.41) is 0.983. The van der Waals surface area contributed by atoms with Gasteiger partial charge in [0.2, 0.25) is 11.2 Å². The molecule has 1 heterocycles. The molecule has 0 amide bonds. The van der Waals surface area contributed by atoms with E-state index in [0.29, 0.717) is 21.6 Å². The highest BCUT2D eigenvalue weighted by Crippen LogP contribution is 2.32. The molecule has 0 saturated carbocycles. The monoisotopic (exact) mass is 356 g/mol. The van der Waals surface area contributed by atoms with Crippen molar-refractivity contribution < 1.29 is 13.9 Å². The molecular weight excluding hydrogens is 340 g/mol. The Balaban J connectivity index is 2.29. The maximum atomic E-state index is 12.9. The zero-order chi connectivity index (χ0) is 18.1. The van der Waals surface area contributed by atoms with Crippen LogP contribution in [0.4, 0.5) is 0 Å². The number of carbonyl (C=O) groups is 1. The minimum Gasteiger partial charge on any atom is -0.475 e. The lowest BCUT2D eigenvalue weighted by Gasteiger charge is -2.15. The third kappa shape index (κ3) is 3.44. The molecule has 2 aromatic carbocycles. The Kier molecular flexibility index (Phi) is 4.64. The van der Waals surface area contributed by atoms with Crippen molar-refractivity contribution in [2.45, 2.75) is 26.9 Å². The third-order valence-electron chi connectivity index (χ3n) is 3.98. The second kappa shape index (κ2) is 6.73. The van der Waals surface area contributed by atoms with E-state index in [0.717, 1.165) is 5.56 Å². The van der Waals surface area contributed by atoms with Crippen LogP contribution in [0, 0.1) is 6.92 Å². The van der Waals surface area contributed by atoms with Crippen LogP contribution in [0.5, 0.6) is 5.75 Å². The molecule has 5 heteroatoms. The summed E-state index contributed by atoms with van der Waals surface area (Å²) in [7, 11) is 0. The summed E-state index contributed by atoms with van der Waals surface area (Å²) in [4.78, 5) is 24.5. The zero-order valence-electron chi connectivity index (χ0n) is 14.1. The van der Waals surface area contributed by atoms with Gasteiger partial charge in [-0.25, -0.2) is 0 Å². The summed E-state index contributed by atoms with van der Waals surface area (Å²) in [6.45, 7) is 4.94. The molecule has 0 spiro atoms. The van der Waals surface area contributed by atoms with Gasteiger partial charge in [-0.2, -0.15) is 0 Å².